The summed E-state index contributed by atoms with van der Waals surface area (Å²) >= 11 is 6.01. The van der Waals surface area contributed by atoms with Crippen molar-refractivity contribution in [2.75, 3.05) is 30.3 Å². The molecular weight excluding hydrogens is 374 g/mol. The predicted molar refractivity (Wildman–Crippen MR) is 102 cm³/mol. The highest BCUT2D eigenvalue weighted by Gasteiger charge is 2.34. The number of hydrogen-bond acceptors (Lipinski definition) is 8. The quantitative estimate of drug-likeness (QED) is 0.584. The van der Waals surface area contributed by atoms with E-state index in [0.717, 1.165) is 13.1 Å². The molecule has 10 heteroatoms. The summed E-state index contributed by atoms with van der Waals surface area (Å²) in [6.07, 6.45) is 0.745. The van der Waals surface area contributed by atoms with Crippen LogP contribution in [0.3, 0.4) is 0 Å². The van der Waals surface area contributed by atoms with Gasteiger partial charge in [0.05, 0.1) is 6.61 Å². The van der Waals surface area contributed by atoms with E-state index in [2.05, 4.69) is 15.3 Å². The number of nitrogen functional groups attached to an aromatic ring is 1. The third-order valence-corrected chi connectivity index (χ3v) is 4.03. The number of nitrogens with one attached hydrogen (secondary N) is 1. The lowest BCUT2D eigenvalue weighted by molar-refractivity contribution is 0.0515. The monoisotopic (exact) mass is 399 g/mol. The lowest BCUT2D eigenvalue weighted by Gasteiger charge is -2.35. The Balaban J connectivity index is 2.51. The number of piperidine rings is 1. The predicted octanol–water partition coefficient (Wildman–Crippen LogP) is 2.38. The third-order valence-electron chi connectivity index (χ3n) is 3.86. The lowest BCUT2D eigenvalue weighted by atomic mass is 10.0. The van der Waals surface area contributed by atoms with Gasteiger partial charge in [0.15, 0.2) is 11.5 Å². The Bertz CT molecular complexity index is 701. The zero-order valence-corrected chi connectivity index (χ0v) is 16.8. The molecular formula is C17H26ClN5O4. The number of esters is 1. The van der Waals surface area contributed by atoms with Crippen molar-refractivity contribution in [3.63, 3.8) is 0 Å². The topological polar surface area (TPSA) is 120 Å². The van der Waals surface area contributed by atoms with Crippen molar-refractivity contribution in [1.82, 2.24) is 15.3 Å². The number of carbonyl (C=O) groups excluding carboxylic acids is 2. The van der Waals surface area contributed by atoms with Crippen molar-refractivity contribution in [2.24, 2.45) is 0 Å². The van der Waals surface area contributed by atoms with E-state index in [9.17, 15) is 9.59 Å². The van der Waals surface area contributed by atoms with Crippen LogP contribution in [0, 0.1) is 0 Å². The Hall–Kier alpha value is -2.13. The van der Waals surface area contributed by atoms with E-state index in [4.69, 9.17) is 26.8 Å². The van der Waals surface area contributed by atoms with Gasteiger partial charge in [0, 0.05) is 6.04 Å². The Labute approximate surface area is 163 Å². The number of halogens is 1. The summed E-state index contributed by atoms with van der Waals surface area (Å²) in [4.78, 5) is 34.5. The molecule has 0 bridgehead atoms. The smallest absolute Gasteiger partial charge is 0.416 e. The van der Waals surface area contributed by atoms with Gasteiger partial charge in [-0.3, -0.25) is 4.90 Å². The van der Waals surface area contributed by atoms with Crippen LogP contribution in [0.5, 0.6) is 0 Å². The molecule has 3 N–H and O–H groups in total. The number of hydrogen-bond donors (Lipinski definition) is 2. The van der Waals surface area contributed by atoms with E-state index in [1.54, 1.807) is 27.7 Å². The maximum absolute atomic E-state index is 12.9. The number of rotatable bonds is 4. The number of carbonyl (C=O) groups is 2. The van der Waals surface area contributed by atoms with Crippen LogP contribution in [0.25, 0.3) is 0 Å². The summed E-state index contributed by atoms with van der Waals surface area (Å²) in [6, 6.07) is -0.204. The van der Waals surface area contributed by atoms with E-state index in [1.165, 1.54) is 4.90 Å². The van der Waals surface area contributed by atoms with Gasteiger partial charge in [-0.2, -0.15) is 4.98 Å². The maximum atomic E-state index is 12.9. The highest BCUT2D eigenvalue weighted by molar-refractivity contribution is 6.28. The summed E-state index contributed by atoms with van der Waals surface area (Å²) in [5.74, 6) is -0.672. The number of anilines is 2. The highest BCUT2D eigenvalue weighted by atomic mass is 35.5. The first-order valence-electron chi connectivity index (χ1n) is 8.87. The fourth-order valence-electron chi connectivity index (χ4n) is 2.75. The van der Waals surface area contributed by atoms with E-state index in [1.807, 2.05) is 0 Å². The number of nitrogens with zero attached hydrogens (tertiary/aromatic N) is 3. The molecule has 1 aliphatic heterocycles. The van der Waals surface area contributed by atoms with Crippen LogP contribution in [0.1, 0.15) is 51.0 Å². The molecule has 1 aromatic heterocycles. The first-order chi connectivity index (χ1) is 12.6. The molecule has 0 aromatic carbocycles. The summed E-state index contributed by atoms with van der Waals surface area (Å²) in [6.45, 7) is 8.59. The fraction of sp³-hybridized carbons (Fsp3) is 0.647. The first-order valence-corrected chi connectivity index (χ1v) is 9.25. The average molecular weight is 400 g/mol. The molecule has 1 aliphatic rings. The number of amides is 1. The van der Waals surface area contributed by atoms with E-state index in [0.29, 0.717) is 12.8 Å². The molecule has 1 amide bonds. The van der Waals surface area contributed by atoms with Crippen LogP contribution in [-0.4, -0.2) is 53.4 Å². The second-order valence-corrected chi connectivity index (χ2v) is 7.47. The maximum Gasteiger partial charge on any atom is 0.416 e. The SMILES string of the molecule is CCOC(=O)c1nc(Cl)nc(N(C(=O)OC(C)(C)C)C2CCNCC2)c1N. The second-order valence-electron chi connectivity index (χ2n) is 7.13. The minimum atomic E-state index is -0.727. The van der Waals surface area contributed by atoms with Crippen molar-refractivity contribution >= 4 is 35.2 Å². The van der Waals surface area contributed by atoms with E-state index < -0.39 is 17.7 Å². The second kappa shape index (κ2) is 8.71. The van der Waals surface area contributed by atoms with Crippen LogP contribution in [-0.2, 0) is 9.47 Å². The van der Waals surface area contributed by atoms with Gasteiger partial charge in [0.2, 0.25) is 5.28 Å². The zero-order chi connectivity index (χ0) is 20.2. The van der Waals surface area contributed by atoms with Crippen molar-refractivity contribution in [3.8, 4) is 0 Å². The van der Waals surface area contributed by atoms with Gasteiger partial charge >= 0.3 is 12.1 Å². The standard InChI is InChI=1S/C17H26ClN5O4/c1-5-26-14(24)12-11(19)13(22-15(18)21-12)23(10-6-8-20-9-7-10)16(25)27-17(2,3)4/h10,20H,5-9,19H2,1-4H3. The van der Waals surface area contributed by atoms with E-state index >= 15 is 0 Å². The van der Waals surface area contributed by atoms with Crippen LogP contribution in [0.2, 0.25) is 5.28 Å². The average Bonchev–Trinajstić information content (AvgIpc) is 2.57. The van der Waals surface area contributed by atoms with Gasteiger partial charge in [-0.25, -0.2) is 14.6 Å². The fourth-order valence-corrected chi connectivity index (χ4v) is 2.92. The largest absolute Gasteiger partial charge is 0.461 e. The Morgan fingerprint density at radius 2 is 1.93 bits per heavy atom. The van der Waals surface area contributed by atoms with Crippen molar-refractivity contribution in [3.05, 3.63) is 11.0 Å². The molecule has 0 aliphatic carbocycles. The normalized spacial score (nSPS) is 15.3. The van der Waals surface area contributed by atoms with Gasteiger partial charge in [0.1, 0.15) is 11.3 Å². The van der Waals surface area contributed by atoms with Crippen LogP contribution >= 0.6 is 11.6 Å². The van der Waals surface area contributed by atoms with Crippen LogP contribution < -0.4 is 16.0 Å². The Morgan fingerprint density at radius 1 is 1.30 bits per heavy atom. The molecule has 1 saturated heterocycles. The highest BCUT2D eigenvalue weighted by Crippen LogP contribution is 2.31. The molecule has 9 nitrogen and oxygen atoms in total. The summed E-state index contributed by atoms with van der Waals surface area (Å²) in [5.41, 5.74) is 5.19. The minimum Gasteiger partial charge on any atom is -0.461 e. The van der Waals surface area contributed by atoms with Crippen LogP contribution in [0.4, 0.5) is 16.3 Å². The molecule has 0 atom stereocenters. The van der Waals surface area contributed by atoms with Gasteiger partial charge in [-0.05, 0) is 65.2 Å². The van der Waals surface area contributed by atoms with Gasteiger partial charge in [0.25, 0.3) is 0 Å². The summed E-state index contributed by atoms with van der Waals surface area (Å²) in [7, 11) is 0. The molecule has 0 unspecified atom stereocenters. The summed E-state index contributed by atoms with van der Waals surface area (Å²) in [5, 5.41) is 3.03. The van der Waals surface area contributed by atoms with Gasteiger partial charge < -0.3 is 20.5 Å². The molecule has 2 rings (SSSR count). The Kier molecular flexibility index (Phi) is 6.83. The molecule has 0 saturated carbocycles. The molecule has 1 fully saturated rings. The zero-order valence-electron chi connectivity index (χ0n) is 16.0. The van der Waals surface area contributed by atoms with Crippen molar-refractivity contribution in [1.29, 1.82) is 0 Å². The van der Waals surface area contributed by atoms with Crippen molar-refractivity contribution < 1.29 is 19.1 Å². The Morgan fingerprint density at radius 3 is 2.48 bits per heavy atom. The van der Waals surface area contributed by atoms with E-state index in [-0.39, 0.29) is 35.1 Å². The number of nitrogens with two attached hydrogens (primary N) is 1. The molecule has 0 radical (unpaired) electrons. The number of aromatic nitrogens is 2. The molecule has 1 aromatic rings. The van der Waals surface area contributed by atoms with Crippen LogP contribution in [0.15, 0.2) is 0 Å². The number of ether oxygens (including phenoxy) is 2. The molecule has 27 heavy (non-hydrogen) atoms. The first kappa shape index (κ1) is 21.2. The molecule has 2 heterocycles. The molecule has 150 valence electrons. The van der Waals surface area contributed by atoms with Gasteiger partial charge in [-0.1, -0.05) is 0 Å². The summed E-state index contributed by atoms with van der Waals surface area (Å²) < 4.78 is 10.5. The lowest BCUT2D eigenvalue weighted by Crippen LogP contribution is -2.49. The van der Waals surface area contributed by atoms with Crippen molar-refractivity contribution in [2.45, 2.75) is 52.2 Å². The minimum absolute atomic E-state index is 0.0548. The third kappa shape index (κ3) is 5.43. The van der Waals surface area contributed by atoms with Gasteiger partial charge in [-0.15, -0.1) is 0 Å². The molecule has 0 spiro atoms.